The summed E-state index contributed by atoms with van der Waals surface area (Å²) in [6.45, 7) is 33.8. The molecule has 22 heavy (non-hydrogen) atoms. The second-order valence-electron chi connectivity index (χ2n) is 5.51. The molecule has 0 aliphatic heterocycles. The summed E-state index contributed by atoms with van der Waals surface area (Å²) in [4.78, 5) is 0. The van der Waals surface area contributed by atoms with Crippen molar-refractivity contribution in [2.24, 2.45) is 0 Å². The molecule has 0 bridgehead atoms. The van der Waals surface area contributed by atoms with Gasteiger partial charge in [-0.25, -0.2) is 0 Å². The Morgan fingerprint density at radius 3 is 0.500 bits per heavy atom. The maximum Gasteiger partial charge on any atom is 0 e. The van der Waals surface area contributed by atoms with Crippen LogP contribution in [0.2, 0.25) is 0 Å². The van der Waals surface area contributed by atoms with Gasteiger partial charge in [0.05, 0.1) is 0 Å². The van der Waals surface area contributed by atoms with Crippen molar-refractivity contribution in [3.63, 3.8) is 0 Å². The molecule has 0 saturated carbocycles. The van der Waals surface area contributed by atoms with Crippen LogP contribution in [0.25, 0.3) is 0 Å². The molecule has 0 aromatic carbocycles. The van der Waals surface area contributed by atoms with Crippen LogP contribution in [-0.4, -0.2) is 0 Å². The van der Waals surface area contributed by atoms with Gasteiger partial charge in [-0.2, -0.15) is 0 Å². The van der Waals surface area contributed by atoms with E-state index in [1.165, 1.54) is 0 Å². The molecule has 0 nitrogen and oxygen atoms in total. The molecule has 0 fully saturated rings. The van der Waals surface area contributed by atoms with Crippen LogP contribution in [0.1, 0.15) is 41.5 Å². The molecule has 0 spiro atoms. The Balaban J connectivity index is -0.000000108. The second kappa shape index (κ2) is 20.4. The predicted molar refractivity (Wildman–Crippen MR) is 98.5 cm³/mol. The zero-order valence-corrected chi connectivity index (χ0v) is 18.7. The molecule has 0 amide bonds. The molecule has 0 aromatic rings. The van der Waals surface area contributed by atoms with Gasteiger partial charge in [0.1, 0.15) is 0 Å². The molecule has 0 saturated heterocycles. The number of hydrogen-bond acceptors (Lipinski definition) is 0. The largest absolute Gasteiger partial charge is 0.0588 e. The summed E-state index contributed by atoms with van der Waals surface area (Å²) >= 11 is 0. The predicted octanol–water partition coefficient (Wildman–Crippen LogP) is 6.14. The Labute approximate surface area is 177 Å². The van der Waals surface area contributed by atoms with Gasteiger partial charge in [-0.3, -0.25) is 0 Å². The zero-order valence-electron chi connectivity index (χ0n) is 15.5. The molecule has 15 radical (unpaired) electrons. The standard InChI is InChI=1S/3C7H11.Nd/c3*1-6(2)5-7(3)4;/h3*5H,1,3H2,2,4H3;. The van der Waals surface area contributed by atoms with Gasteiger partial charge in [0.25, 0.3) is 0 Å². The topological polar surface area (TPSA) is 0 Å². The first-order valence-corrected chi connectivity index (χ1v) is 6.85. The van der Waals surface area contributed by atoms with Gasteiger partial charge >= 0.3 is 0 Å². The molecule has 0 aliphatic carbocycles. The summed E-state index contributed by atoms with van der Waals surface area (Å²) in [6.07, 6.45) is 5.83. The van der Waals surface area contributed by atoms with Crippen molar-refractivity contribution in [3.8, 4) is 0 Å². The Morgan fingerprint density at radius 1 is 0.409 bits per heavy atom. The third kappa shape index (κ3) is 49.6. The van der Waals surface area contributed by atoms with Crippen molar-refractivity contribution in [1.82, 2.24) is 0 Å². The Hall–Kier alpha value is 1.35. The van der Waals surface area contributed by atoms with Crippen LogP contribution < -0.4 is 0 Å². The summed E-state index contributed by atoms with van der Waals surface area (Å²) in [5, 5.41) is 0. The van der Waals surface area contributed by atoms with E-state index in [1.54, 1.807) is 0 Å². The van der Waals surface area contributed by atoms with E-state index in [1.807, 2.05) is 60.8 Å². The molecule has 0 rings (SSSR count). The van der Waals surface area contributed by atoms with E-state index in [0.717, 1.165) is 35.5 Å². The molecule has 0 aromatic heterocycles. The van der Waals surface area contributed by atoms with Crippen LogP contribution in [0.5, 0.6) is 0 Å². The zero-order chi connectivity index (χ0) is 17.6. The van der Waals surface area contributed by atoms with Crippen LogP contribution in [0.4, 0.5) is 0 Å². The molecule has 0 atom stereocenters. The van der Waals surface area contributed by atoms with E-state index in [4.69, 9.17) is 0 Å². The van der Waals surface area contributed by atoms with Gasteiger partial charge in [0.15, 0.2) is 0 Å². The summed E-state index contributed by atoms with van der Waals surface area (Å²) < 4.78 is 0. The average molecular weight is 430 g/mol. The fourth-order valence-corrected chi connectivity index (χ4v) is 1.26. The minimum Gasteiger partial charge on any atom is -0.0588 e. The van der Waals surface area contributed by atoms with Crippen molar-refractivity contribution in [2.45, 2.75) is 41.5 Å². The van der Waals surface area contributed by atoms with E-state index >= 15 is 0 Å². The van der Waals surface area contributed by atoms with Gasteiger partial charge in [0, 0.05) is 40.8 Å². The van der Waals surface area contributed by atoms with Crippen molar-refractivity contribution in [1.29, 1.82) is 0 Å². The molecule has 0 heterocycles. The average Bonchev–Trinajstić information content (AvgIpc) is 2.10. The summed E-state index contributed by atoms with van der Waals surface area (Å²) in [7, 11) is 0. The first-order valence-electron chi connectivity index (χ1n) is 6.85. The van der Waals surface area contributed by atoms with Crippen LogP contribution in [0.3, 0.4) is 0 Å². The maximum absolute atomic E-state index is 3.68. The fraction of sp³-hybridized carbons (Fsp3) is 0.286. The maximum atomic E-state index is 3.68. The second-order valence-corrected chi connectivity index (χ2v) is 5.51. The van der Waals surface area contributed by atoms with E-state index in [2.05, 4.69) is 41.5 Å². The van der Waals surface area contributed by atoms with Gasteiger partial charge in [-0.1, -0.05) is 41.5 Å². The molecule has 0 unspecified atom stereocenters. The van der Waals surface area contributed by atoms with Gasteiger partial charge < -0.3 is 0 Å². The SMILES string of the molecule is [CH2][C](C)[CH][C]([CH2])C.[CH2][C](C)[CH][C]([CH2])C.[CH2][C](C)[CH][C]([CH2])C.[Nd]. The molecule has 1 heteroatoms. The third-order valence-electron chi connectivity index (χ3n) is 1.48. The summed E-state index contributed by atoms with van der Waals surface area (Å²) in [6, 6.07) is 0. The summed E-state index contributed by atoms with van der Waals surface area (Å²) in [5.74, 6) is 6.38. The van der Waals surface area contributed by atoms with E-state index in [0.29, 0.717) is 0 Å². The van der Waals surface area contributed by atoms with Crippen LogP contribution in [0, 0.1) is 137 Å². The fourth-order valence-electron chi connectivity index (χ4n) is 1.26. The number of rotatable bonds is 6. The third-order valence-corrected chi connectivity index (χ3v) is 1.48. The molecular formula is C21H33Nd. The molecule has 0 aliphatic rings. The van der Waals surface area contributed by atoms with Gasteiger partial charge in [0.2, 0.25) is 0 Å². The van der Waals surface area contributed by atoms with Crippen LogP contribution in [0.15, 0.2) is 0 Å². The number of hydrogen-bond donors (Lipinski definition) is 0. The minimum absolute atomic E-state index is 0. The first-order chi connectivity index (χ1) is 9.38. The smallest absolute Gasteiger partial charge is 0 e. The van der Waals surface area contributed by atoms with Crippen LogP contribution >= 0.6 is 0 Å². The molecule has 121 valence electrons. The van der Waals surface area contributed by atoms with Crippen LogP contribution in [-0.2, 0) is 0 Å². The van der Waals surface area contributed by atoms with Crippen molar-refractivity contribution < 1.29 is 40.8 Å². The Kier molecular flexibility index (Phi) is 28.9. The summed E-state index contributed by atoms with van der Waals surface area (Å²) in [5.41, 5.74) is 0. The van der Waals surface area contributed by atoms with Gasteiger partial charge in [-0.05, 0) is 96.3 Å². The monoisotopic (exact) mass is 427 g/mol. The van der Waals surface area contributed by atoms with Crippen molar-refractivity contribution >= 4 is 0 Å². The Morgan fingerprint density at radius 2 is 0.500 bits per heavy atom. The molecular weight excluding hydrogens is 396 g/mol. The first kappa shape index (κ1) is 31.2. The van der Waals surface area contributed by atoms with E-state index in [9.17, 15) is 0 Å². The quantitative estimate of drug-likeness (QED) is 0.475. The van der Waals surface area contributed by atoms with Gasteiger partial charge in [-0.15, -0.1) is 0 Å². The van der Waals surface area contributed by atoms with E-state index in [-0.39, 0.29) is 40.8 Å². The Bertz CT molecular complexity index is 127. The molecule has 0 N–H and O–H groups in total. The minimum atomic E-state index is 0. The normalized spacial score (nSPS) is 10.6. The van der Waals surface area contributed by atoms with Crippen molar-refractivity contribution in [3.05, 3.63) is 96.3 Å². The van der Waals surface area contributed by atoms with E-state index < -0.39 is 0 Å². The van der Waals surface area contributed by atoms with Crippen molar-refractivity contribution in [2.75, 3.05) is 0 Å².